The topological polar surface area (TPSA) is 55.3 Å². The molecule has 0 saturated carbocycles. The van der Waals surface area contributed by atoms with Crippen LogP contribution in [0.1, 0.15) is 41.3 Å². The molecule has 2 heterocycles. The van der Waals surface area contributed by atoms with E-state index in [-0.39, 0.29) is 20.6 Å². The van der Waals surface area contributed by atoms with Crippen LogP contribution in [0.5, 0.6) is 5.75 Å². The van der Waals surface area contributed by atoms with Crippen molar-refractivity contribution in [1.82, 2.24) is 19.7 Å². The van der Waals surface area contributed by atoms with Gasteiger partial charge >= 0.3 is 12.4 Å². The summed E-state index contributed by atoms with van der Waals surface area (Å²) in [6.07, 6.45) is -8.61. The van der Waals surface area contributed by atoms with Crippen LogP contribution in [-0.4, -0.2) is 59.6 Å². The van der Waals surface area contributed by atoms with Gasteiger partial charge in [-0.3, -0.25) is 14.6 Å². The normalized spacial score (nSPS) is 15.8. The summed E-state index contributed by atoms with van der Waals surface area (Å²) in [5, 5.41) is 6.34. The van der Waals surface area contributed by atoms with E-state index in [4.69, 9.17) is 44.9 Å². The van der Waals surface area contributed by atoms with Crippen molar-refractivity contribution < 1.29 is 35.8 Å². The third-order valence-corrected chi connectivity index (χ3v) is 7.60. The van der Waals surface area contributed by atoms with Gasteiger partial charge in [-0.05, 0) is 61.4 Å². The van der Waals surface area contributed by atoms with E-state index in [9.17, 15) is 26.3 Å². The van der Waals surface area contributed by atoms with Crippen molar-refractivity contribution in [3.05, 3.63) is 67.7 Å². The van der Waals surface area contributed by atoms with Crippen LogP contribution in [0.3, 0.4) is 0 Å². The molecule has 4 rings (SSSR count). The van der Waals surface area contributed by atoms with Gasteiger partial charge in [0.2, 0.25) is 0 Å². The predicted molar refractivity (Wildman–Crippen MR) is 140 cm³/mol. The van der Waals surface area contributed by atoms with E-state index in [1.165, 1.54) is 12.1 Å². The number of nitrogens with one attached hydrogen (secondary N) is 1. The van der Waals surface area contributed by atoms with Gasteiger partial charge in [0.25, 0.3) is 0 Å². The lowest BCUT2D eigenvalue weighted by molar-refractivity contribution is -0.139. The number of rotatable bonds is 8. The van der Waals surface area contributed by atoms with Gasteiger partial charge in [0.1, 0.15) is 11.6 Å². The molecule has 0 bridgehead atoms. The maximum absolute atomic E-state index is 14.1. The SMILES string of the molecule is COc1cc(C(CCCN2CCOCC2)c2n[nH]c(=S)n2-c2cc(Cl)c(Cl)cc2C(F)(F)F)ccc1C(F)(F)F. The van der Waals surface area contributed by atoms with Crippen LogP contribution in [0.25, 0.3) is 5.69 Å². The summed E-state index contributed by atoms with van der Waals surface area (Å²) < 4.78 is 94.3. The Kier molecular flexibility index (Phi) is 9.40. The summed E-state index contributed by atoms with van der Waals surface area (Å²) in [4.78, 5) is 2.17. The van der Waals surface area contributed by atoms with Crippen molar-refractivity contribution >= 4 is 35.4 Å². The molecule has 15 heteroatoms. The number of morpholine rings is 1. The summed E-state index contributed by atoms with van der Waals surface area (Å²) in [6, 6.07) is 5.12. The van der Waals surface area contributed by atoms with Gasteiger partial charge in [0, 0.05) is 19.0 Å². The minimum Gasteiger partial charge on any atom is -0.496 e. The fourth-order valence-electron chi connectivity index (χ4n) is 4.67. The van der Waals surface area contributed by atoms with Crippen LogP contribution in [0.15, 0.2) is 30.3 Å². The quantitative estimate of drug-likeness (QED) is 0.206. The minimum atomic E-state index is -4.82. The van der Waals surface area contributed by atoms with E-state index in [1.54, 1.807) is 0 Å². The molecule has 3 aromatic rings. The second kappa shape index (κ2) is 12.3. The molecule has 0 aliphatic carbocycles. The zero-order valence-electron chi connectivity index (χ0n) is 21.0. The lowest BCUT2D eigenvalue weighted by Gasteiger charge is -2.27. The lowest BCUT2D eigenvalue weighted by Crippen LogP contribution is -2.36. The Morgan fingerprint density at radius 1 is 1.02 bits per heavy atom. The standard InChI is InChI=1S/C25H24Cl2F6N4O2S/c1-38-21-11-14(4-5-16(21)24(28,29)30)15(3-2-6-36-7-9-39-10-8-36)22-34-35-23(40)37(22)20-13-19(27)18(26)12-17(20)25(31,32)33/h4-5,11-13,15H,2-3,6-10H2,1H3,(H,35,40). The molecule has 1 unspecified atom stereocenters. The molecular formula is C25H24Cl2F6N4O2S. The molecule has 6 nitrogen and oxygen atoms in total. The third-order valence-electron chi connectivity index (χ3n) is 6.60. The zero-order valence-corrected chi connectivity index (χ0v) is 23.3. The fourth-order valence-corrected chi connectivity index (χ4v) is 5.23. The molecule has 218 valence electrons. The largest absolute Gasteiger partial charge is 0.496 e. The number of alkyl halides is 6. The summed E-state index contributed by atoms with van der Waals surface area (Å²) in [6.45, 7) is 3.24. The number of halogens is 8. The molecule has 1 N–H and O–H groups in total. The molecule has 40 heavy (non-hydrogen) atoms. The van der Waals surface area contributed by atoms with E-state index in [1.807, 2.05) is 0 Å². The maximum Gasteiger partial charge on any atom is 0.419 e. The molecular weight excluding hydrogens is 605 g/mol. The number of nitrogens with zero attached hydrogens (tertiary/aromatic N) is 3. The zero-order chi connectivity index (χ0) is 29.2. The maximum atomic E-state index is 14.1. The number of hydrogen-bond donors (Lipinski definition) is 1. The number of benzene rings is 2. The molecule has 1 atom stereocenters. The van der Waals surface area contributed by atoms with Crippen LogP contribution < -0.4 is 4.74 Å². The fraction of sp³-hybridized carbons (Fsp3) is 0.440. The number of aromatic nitrogens is 3. The molecule has 1 aliphatic rings. The molecule has 1 aliphatic heterocycles. The Balaban J connectivity index is 1.84. The second-order valence-electron chi connectivity index (χ2n) is 9.11. The highest BCUT2D eigenvalue weighted by Gasteiger charge is 2.37. The Morgan fingerprint density at radius 3 is 2.30 bits per heavy atom. The third kappa shape index (κ3) is 6.76. The first-order chi connectivity index (χ1) is 18.8. The molecule has 1 fully saturated rings. The van der Waals surface area contributed by atoms with Crippen LogP contribution in [0.2, 0.25) is 10.0 Å². The lowest BCUT2D eigenvalue weighted by atomic mass is 9.91. The highest BCUT2D eigenvalue weighted by molar-refractivity contribution is 7.71. The molecule has 0 spiro atoms. The Labute approximate surface area is 240 Å². The molecule has 2 aromatic carbocycles. The van der Waals surface area contributed by atoms with Crippen molar-refractivity contribution in [2.75, 3.05) is 40.0 Å². The van der Waals surface area contributed by atoms with Gasteiger partial charge in [-0.2, -0.15) is 31.4 Å². The van der Waals surface area contributed by atoms with Gasteiger partial charge < -0.3 is 9.47 Å². The molecule has 0 amide bonds. The molecule has 1 aromatic heterocycles. The smallest absolute Gasteiger partial charge is 0.419 e. The Hall–Kier alpha value is -2.32. The van der Waals surface area contributed by atoms with Gasteiger partial charge in [0.15, 0.2) is 4.77 Å². The number of hydrogen-bond acceptors (Lipinski definition) is 5. The van der Waals surface area contributed by atoms with Crippen molar-refractivity contribution in [1.29, 1.82) is 0 Å². The monoisotopic (exact) mass is 628 g/mol. The molecule has 0 radical (unpaired) electrons. The Morgan fingerprint density at radius 2 is 1.68 bits per heavy atom. The first-order valence-corrected chi connectivity index (χ1v) is 13.3. The highest BCUT2D eigenvalue weighted by atomic mass is 35.5. The molecule has 1 saturated heterocycles. The number of ether oxygens (including phenoxy) is 2. The van der Waals surface area contributed by atoms with Crippen LogP contribution in [0.4, 0.5) is 26.3 Å². The summed E-state index contributed by atoms with van der Waals surface area (Å²) in [5.74, 6) is -1.12. The van der Waals surface area contributed by atoms with E-state index in [0.717, 1.165) is 36.9 Å². The highest BCUT2D eigenvalue weighted by Crippen LogP contribution is 2.42. The average Bonchev–Trinajstić information content (AvgIpc) is 3.27. The minimum absolute atomic E-state index is 0.0673. The van der Waals surface area contributed by atoms with Crippen molar-refractivity contribution in [3.63, 3.8) is 0 Å². The second-order valence-corrected chi connectivity index (χ2v) is 10.3. The number of methoxy groups -OCH3 is 1. The van der Waals surface area contributed by atoms with E-state index in [0.29, 0.717) is 44.2 Å². The van der Waals surface area contributed by atoms with Crippen LogP contribution >= 0.6 is 35.4 Å². The Bertz CT molecular complexity index is 1400. The van der Waals surface area contributed by atoms with Crippen molar-refractivity contribution in [3.8, 4) is 11.4 Å². The number of H-pyrrole nitrogens is 1. The van der Waals surface area contributed by atoms with Gasteiger partial charge in [-0.15, -0.1) is 0 Å². The van der Waals surface area contributed by atoms with E-state index >= 15 is 0 Å². The summed E-state index contributed by atoms with van der Waals surface area (Å²) in [7, 11) is 1.11. The van der Waals surface area contributed by atoms with Gasteiger partial charge in [-0.1, -0.05) is 29.3 Å². The van der Waals surface area contributed by atoms with Crippen molar-refractivity contribution in [2.45, 2.75) is 31.1 Å². The first-order valence-electron chi connectivity index (χ1n) is 12.1. The number of aromatic amines is 1. The summed E-state index contributed by atoms with van der Waals surface area (Å²) in [5.41, 5.74) is -2.13. The van der Waals surface area contributed by atoms with E-state index < -0.39 is 40.8 Å². The van der Waals surface area contributed by atoms with Crippen LogP contribution in [-0.2, 0) is 17.1 Å². The summed E-state index contributed by atoms with van der Waals surface area (Å²) >= 11 is 17.3. The first kappa shape index (κ1) is 30.6. The van der Waals surface area contributed by atoms with Gasteiger partial charge in [0.05, 0.1) is 47.2 Å². The van der Waals surface area contributed by atoms with Crippen LogP contribution in [0, 0.1) is 4.77 Å². The van der Waals surface area contributed by atoms with Crippen molar-refractivity contribution in [2.24, 2.45) is 0 Å². The van der Waals surface area contributed by atoms with Gasteiger partial charge in [-0.25, -0.2) is 0 Å². The predicted octanol–water partition coefficient (Wildman–Crippen LogP) is 7.53. The van der Waals surface area contributed by atoms with E-state index in [2.05, 4.69) is 15.1 Å². The average molecular weight is 629 g/mol.